The third-order valence-corrected chi connectivity index (χ3v) is 4.55. The monoisotopic (exact) mass is 426 g/mol. The van der Waals surface area contributed by atoms with Gasteiger partial charge in [-0.25, -0.2) is 14.4 Å². The summed E-state index contributed by atoms with van der Waals surface area (Å²) in [5, 5.41) is 10.9. The molecule has 166 valence electrons. The Hall–Kier alpha value is -3.55. The van der Waals surface area contributed by atoms with Crippen molar-refractivity contribution in [2.45, 2.75) is 39.2 Å². The summed E-state index contributed by atoms with van der Waals surface area (Å²) in [4.78, 5) is 36.2. The molecule has 0 saturated heterocycles. The maximum absolute atomic E-state index is 12.2. The Kier molecular flexibility index (Phi) is 9.35. The highest BCUT2D eigenvalue weighted by molar-refractivity contribution is 5.92. The van der Waals surface area contributed by atoms with Crippen molar-refractivity contribution in [2.24, 2.45) is 0 Å². The summed E-state index contributed by atoms with van der Waals surface area (Å²) in [5.41, 5.74) is 3.45. The van der Waals surface area contributed by atoms with Crippen LogP contribution in [0.1, 0.15) is 30.4 Å². The van der Waals surface area contributed by atoms with Crippen LogP contribution in [0.4, 0.5) is 21.0 Å². The quantitative estimate of drug-likeness (QED) is 0.359. The molecule has 8 heteroatoms. The number of carbonyl (C=O) groups is 3. The molecule has 0 aromatic heterocycles. The number of anilines is 2. The summed E-state index contributed by atoms with van der Waals surface area (Å²) >= 11 is 0. The molecule has 31 heavy (non-hydrogen) atoms. The predicted octanol–water partition coefficient (Wildman–Crippen LogP) is 3.96. The molecule has 2 rings (SSSR count). The van der Waals surface area contributed by atoms with Gasteiger partial charge in [-0.15, -0.1) is 0 Å². The van der Waals surface area contributed by atoms with Crippen LogP contribution in [0.15, 0.2) is 48.5 Å². The van der Waals surface area contributed by atoms with E-state index in [0.29, 0.717) is 31.5 Å². The predicted molar refractivity (Wildman–Crippen MR) is 121 cm³/mol. The molecule has 4 amide bonds. The normalized spacial score (nSPS) is 11.2. The Balaban J connectivity index is 1.72. The van der Waals surface area contributed by atoms with Gasteiger partial charge in [-0.05, 0) is 68.5 Å². The van der Waals surface area contributed by atoms with Crippen LogP contribution in [0, 0.1) is 13.8 Å². The lowest BCUT2D eigenvalue weighted by molar-refractivity contribution is -0.143. The van der Waals surface area contributed by atoms with Crippen LogP contribution >= 0.6 is 0 Å². The third-order valence-electron chi connectivity index (χ3n) is 4.55. The number of rotatable bonds is 9. The number of methoxy groups -OCH3 is 1. The Morgan fingerprint density at radius 2 is 1.45 bits per heavy atom. The molecule has 2 aromatic carbocycles. The van der Waals surface area contributed by atoms with Crippen LogP contribution in [-0.2, 0) is 9.53 Å². The first-order valence-electron chi connectivity index (χ1n) is 10.2. The summed E-state index contributed by atoms with van der Waals surface area (Å²) in [6.45, 7) is 4.33. The number of hydrogen-bond donors (Lipinski definition) is 4. The second-order valence-electron chi connectivity index (χ2n) is 7.29. The summed E-state index contributed by atoms with van der Waals surface area (Å²) in [5.74, 6) is -0.510. The lowest BCUT2D eigenvalue weighted by Crippen LogP contribution is -2.43. The number of esters is 1. The zero-order chi connectivity index (χ0) is 22.6. The van der Waals surface area contributed by atoms with Crippen LogP contribution in [0.2, 0.25) is 0 Å². The highest BCUT2D eigenvalue weighted by atomic mass is 16.5. The molecule has 0 fully saturated rings. The van der Waals surface area contributed by atoms with E-state index in [2.05, 4.69) is 21.3 Å². The van der Waals surface area contributed by atoms with Gasteiger partial charge in [0.1, 0.15) is 6.04 Å². The SMILES string of the molecule is COC(=O)C(CCCCNC(=O)Nc1cccc(C)c1)NC(=O)Nc1cccc(C)c1. The van der Waals surface area contributed by atoms with Gasteiger partial charge >= 0.3 is 18.0 Å². The number of nitrogens with one attached hydrogen (secondary N) is 4. The van der Waals surface area contributed by atoms with Gasteiger partial charge in [0.05, 0.1) is 7.11 Å². The highest BCUT2D eigenvalue weighted by Crippen LogP contribution is 2.11. The minimum atomic E-state index is -0.768. The molecule has 1 atom stereocenters. The summed E-state index contributed by atoms with van der Waals surface area (Å²) < 4.78 is 4.79. The average Bonchev–Trinajstić information content (AvgIpc) is 2.72. The molecule has 0 bridgehead atoms. The van der Waals surface area contributed by atoms with Crippen molar-refractivity contribution in [3.63, 3.8) is 0 Å². The first kappa shape index (κ1) is 23.7. The summed E-state index contributed by atoms with van der Waals surface area (Å²) in [6.07, 6.45) is 1.67. The van der Waals surface area contributed by atoms with Crippen molar-refractivity contribution < 1.29 is 19.1 Å². The van der Waals surface area contributed by atoms with Crippen LogP contribution in [0.5, 0.6) is 0 Å². The number of ether oxygens (including phenoxy) is 1. The molecule has 2 aromatic rings. The van der Waals surface area contributed by atoms with Crippen molar-refractivity contribution in [2.75, 3.05) is 24.3 Å². The minimum Gasteiger partial charge on any atom is -0.467 e. The van der Waals surface area contributed by atoms with E-state index < -0.39 is 18.0 Å². The molecule has 0 aliphatic heterocycles. The van der Waals surface area contributed by atoms with Crippen molar-refractivity contribution in [1.82, 2.24) is 10.6 Å². The van der Waals surface area contributed by atoms with Gasteiger partial charge in [-0.1, -0.05) is 24.3 Å². The van der Waals surface area contributed by atoms with Gasteiger partial charge in [0.15, 0.2) is 0 Å². The second-order valence-corrected chi connectivity index (χ2v) is 7.29. The van der Waals surface area contributed by atoms with E-state index in [9.17, 15) is 14.4 Å². The molecule has 1 unspecified atom stereocenters. The van der Waals surface area contributed by atoms with E-state index in [1.165, 1.54) is 7.11 Å². The van der Waals surface area contributed by atoms with Crippen LogP contribution in [-0.4, -0.2) is 37.7 Å². The Bertz CT molecular complexity index is 901. The van der Waals surface area contributed by atoms with Crippen LogP contribution in [0.3, 0.4) is 0 Å². The van der Waals surface area contributed by atoms with E-state index >= 15 is 0 Å². The molecule has 0 aliphatic rings. The molecule has 0 heterocycles. The minimum absolute atomic E-state index is 0.286. The van der Waals surface area contributed by atoms with Crippen molar-refractivity contribution in [1.29, 1.82) is 0 Å². The largest absolute Gasteiger partial charge is 0.467 e. The zero-order valence-electron chi connectivity index (χ0n) is 18.2. The number of carbonyl (C=O) groups excluding carboxylic acids is 3. The third kappa shape index (κ3) is 8.77. The standard InChI is InChI=1S/C23H30N4O4/c1-16-8-6-10-18(14-16)25-22(29)24-13-5-4-12-20(21(28)31-3)27-23(30)26-19-11-7-9-17(2)15-19/h6-11,14-15,20H,4-5,12-13H2,1-3H3,(H2,24,25,29)(H2,26,27,30). The van der Waals surface area contributed by atoms with Gasteiger partial charge in [0.2, 0.25) is 0 Å². The van der Waals surface area contributed by atoms with E-state index in [1.807, 2.05) is 56.3 Å². The molecule has 0 radical (unpaired) electrons. The van der Waals surface area contributed by atoms with Crippen molar-refractivity contribution in [3.05, 3.63) is 59.7 Å². The Morgan fingerprint density at radius 1 is 0.871 bits per heavy atom. The first-order valence-corrected chi connectivity index (χ1v) is 10.2. The number of urea groups is 2. The smallest absolute Gasteiger partial charge is 0.328 e. The molecule has 0 aliphatic carbocycles. The molecule has 0 spiro atoms. The fourth-order valence-electron chi connectivity index (χ4n) is 3.01. The molecule has 8 nitrogen and oxygen atoms in total. The molecule has 0 saturated carbocycles. The van der Waals surface area contributed by atoms with E-state index in [-0.39, 0.29) is 6.03 Å². The number of unbranched alkanes of at least 4 members (excludes halogenated alkanes) is 1. The average molecular weight is 427 g/mol. The fraction of sp³-hybridized carbons (Fsp3) is 0.348. The zero-order valence-corrected chi connectivity index (χ0v) is 18.2. The molecular formula is C23H30N4O4. The molecular weight excluding hydrogens is 396 g/mol. The van der Waals surface area contributed by atoms with Crippen molar-refractivity contribution >= 4 is 29.4 Å². The van der Waals surface area contributed by atoms with Gasteiger partial charge in [0, 0.05) is 17.9 Å². The number of aryl methyl sites for hydroxylation is 2. The van der Waals surface area contributed by atoms with Crippen LogP contribution in [0.25, 0.3) is 0 Å². The van der Waals surface area contributed by atoms with E-state index in [4.69, 9.17) is 4.74 Å². The van der Waals surface area contributed by atoms with E-state index in [1.54, 1.807) is 6.07 Å². The number of amides is 4. The van der Waals surface area contributed by atoms with Crippen molar-refractivity contribution in [3.8, 4) is 0 Å². The second kappa shape index (κ2) is 12.2. The van der Waals surface area contributed by atoms with Crippen LogP contribution < -0.4 is 21.3 Å². The maximum Gasteiger partial charge on any atom is 0.328 e. The fourth-order valence-corrected chi connectivity index (χ4v) is 3.01. The Labute approximate surface area is 182 Å². The lowest BCUT2D eigenvalue weighted by atomic mass is 10.1. The lowest BCUT2D eigenvalue weighted by Gasteiger charge is -2.17. The number of hydrogen-bond acceptors (Lipinski definition) is 4. The first-order chi connectivity index (χ1) is 14.9. The van der Waals surface area contributed by atoms with Gasteiger partial charge in [-0.2, -0.15) is 0 Å². The molecule has 4 N–H and O–H groups in total. The summed E-state index contributed by atoms with van der Waals surface area (Å²) in [6, 6.07) is 13.4. The van der Waals surface area contributed by atoms with Gasteiger partial charge < -0.3 is 26.0 Å². The Morgan fingerprint density at radius 3 is 2.00 bits per heavy atom. The maximum atomic E-state index is 12.2. The highest BCUT2D eigenvalue weighted by Gasteiger charge is 2.21. The number of benzene rings is 2. The van der Waals surface area contributed by atoms with E-state index in [0.717, 1.165) is 16.8 Å². The summed E-state index contributed by atoms with van der Waals surface area (Å²) in [7, 11) is 1.28. The topological polar surface area (TPSA) is 109 Å². The van der Waals surface area contributed by atoms with Gasteiger partial charge in [0.25, 0.3) is 0 Å². The van der Waals surface area contributed by atoms with Gasteiger partial charge in [-0.3, -0.25) is 0 Å².